The highest BCUT2D eigenvalue weighted by Crippen LogP contribution is 2.30. The lowest BCUT2D eigenvalue weighted by Gasteiger charge is -2.39. The first-order valence-electron chi connectivity index (χ1n) is 8.94. The van der Waals surface area contributed by atoms with Crippen molar-refractivity contribution in [3.8, 4) is 0 Å². The zero-order chi connectivity index (χ0) is 19.6. The second-order valence-electron chi connectivity index (χ2n) is 7.63. The number of carbonyl (C=O) groups excluding carboxylic acids is 2. The molecule has 1 aromatic carbocycles. The van der Waals surface area contributed by atoms with E-state index in [0.29, 0.717) is 23.8 Å². The van der Waals surface area contributed by atoms with Crippen LogP contribution >= 0.6 is 11.6 Å². The van der Waals surface area contributed by atoms with Crippen LogP contribution in [0.25, 0.3) is 0 Å². The second-order valence-corrected chi connectivity index (χ2v) is 8.03. The molecule has 27 heavy (non-hydrogen) atoms. The molecule has 1 N–H and O–H groups in total. The average molecular weight is 390 g/mol. The van der Waals surface area contributed by atoms with Crippen LogP contribution in [-0.4, -0.2) is 42.9 Å². The second kappa shape index (κ2) is 7.64. The molecule has 2 heterocycles. The van der Waals surface area contributed by atoms with Gasteiger partial charge in [-0.05, 0) is 30.3 Å². The van der Waals surface area contributed by atoms with Crippen molar-refractivity contribution in [1.82, 2.24) is 4.90 Å². The van der Waals surface area contributed by atoms with E-state index in [1.54, 1.807) is 18.2 Å². The maximum Gasteiger partial charge on any atom is 0.291 e. The molecule has 144 valence electrons. The normalized spacial score (nSPS) is 15.0. The Hall–Kier alpha value is -2.47. The number of rotatable bonds is 3. The van der Waals surface area contributed by atoms with Crippen molar-refractivity contribution in [2.24, 2.45) is 5.41 Å². The largest absolute Gasteiger partial charge is 0.459 e. The molecule has 6 nitrogen and oxygen atoms in total. The third-order valence-corrected chi connectivity index (χ3v) is 4.80. The number of nitrogens with zero attached hydrogens (tertiary/aromatic N) is 2. The number of furan rings is 1. The molecule has 1 aliphatic heterocycles. The average Bonchev–Trinajstić information content (AvgIpc) is 3.15. The third-order valence-electron chi connectivity index (χ3n) is 4.50. The van der Waals surface area contributed by atoms with Gasteiger partial charge in [-0.15, -0.1) is 0 Å². The highest BCUT2D eigenvalue weighted by Gasteiger charge is 2.30. The first kappa shape index (κ1) is 19.3. The van der Waals surface area contributed by atoms with Crippen LogP contribution in [-0.2, 0) is 4.79 Å². The molecule has 1 fully saturated rings. The number of benzene rings is 1. The number of hydrogen-bond donors (Lipinski definition) is 1. The Balaban J connectivity index is 1.63. The summed E-state index contributed by atoms with van der Waals surface area (Å²) >= 11 is 6.45. The third kappa shape index (κ3) is 4.45. The Kier molecular flexibility index (Phi) is 5.46. The van der Waals surface area contributed by atoms with Gasteiger partial charge in [0.05, 0.1) is 17.0 Å². The Bertz CT molecular complexity index is 819. The van der Waals surface area contributed by atoms with Crippen molar-refractivity contribution in [3.63, 3.8) is 0 Å². The number of piperazine rings is 1. The molecular weight excluding hydrogens is 366 g/mol. The molecule has 0 radical (unpaired) electrons. The predicted molar refractivity (Wildman–Crippen MR) is 106 cm³/mol. The molecule has 0 aliphatic carbocycles. The van der Waals surface area contributed by atoms with Gasteiger partial charge in [0.2, 0.25) is 5.91 Å². The van der Waals surface area contributed by atoms with Crippen molar-refractivity contribution in [3.05, 3.63) is 47.4 Å². The SMILES string of the molecule is CC(C)(C)C(=O)N1CCN(c2ccc(NC(=O)c3ccco3)cc2Cl)CC1. The first-order chi connectivity index (χ1) is 12.8. The number of halogens is 1. The van der Waals surface area contributed by atoms with E-state index in [0.717, 1.165) is 18.8 Å². The highest BCUT2D eigenvalue weighted by molar-refractivity contribution is 6.33. The van der Waals surface area contributed by atoms with E-state index < -0.39 is 0 Å². The van der Waals surface area contributed by atoms with Gasteiger partial charge in [-0.2, -0.15) is 0 Å². The number of amides is 2. The zero-order valence-corrected chi connectivity index (χ0v) is 16.5. The fourth-order valence-electron chi connectivity index (χ4n) is 3.07. The summed E-state index contributed by atoms with van der Waals surface area (Å²) in [5.41, 5.74) is 1.13. The molecule has 0 spiro atoms. The van der Waals surface area contributed by atoms with E-state index in [1.165, 1.54) is 6.26 Å². The molecular formula is C20H24ClN3O3. The van der Waals surface area contributed by atoms with Gasteiger partial charge in [0, 0.05) is 37.3 Å². The van der Waals surface area contributed by atoms with Crippen LogP contribution in [0.2, 0.25) is 5.02 Å². The Morgan fingerprint density at radius 2 is 1.81 bits per heavy atom. The maximum absolute atomic E-state index is 12.4. The molecule has 1 aliphatic rings. The lowest BCUT2D eigenvalue weighted by atomic mass is 9.94. The Morgan fingerprint density at radius 3 is 2.37 bits per heavy atom. The van der Waals surface area contributed by atoms with Gasteiger partial charge in [0.25, 0.3) is 5.91 Å². The van der Waals surface area contributed by atoms with Crippen LogP contribution in [0.4, 0.5) is 11.4 Å². The number of nitrogens with one attached hydrogen (secondary N) is 1. The number of anilines is 2. The van der Waals surface area contributed by atoms with Crippen molar-refractivity contribution in [2.75, 3.05) is 36.4 Å². The van der Waals surface area contributed by atoms with E-state index in [4.69, 9.17) is 16.0 Å². The van der Waals surface area contributed by atoms with E-state index in [9.17, 15) is 9.59 Å². The van der Waals surface area contributed by atoms with Crippen molar-refractivity contribution < 1.29 is 14.0 Å². The maximum atomic E-state index is 12.4. The zero-order valence-electron chi connectivity index (χ0n) is 15.8. The molecule has 0 saturated carbocycles. The van der Waals surface area contributed by atoms with Crippen LogP contribution in [0.3, 0.4) is 0 Å². The Morgan fingerprint density at radius 1 is 1.11 bits per heavy atom. The molecule has 0 bridgehead atoms. The van der Waals surface area contributed by atoms with Crippen LogP contribution in [0, 0.1) is 5.41 Å². The van der Waals surface area contributed by atoms with E-state index in [-0.39, 0.29) is 23.0 Å². The minimum atomic E-state index is -0.367. The summed E-state index contributed by atoms with van der Waals surface area (Å²) in [5, 5.41) is 3.32. The van der Waals surface area contributed by atoms with Gasteiger partial charge in [0.15, 0.2) is 5.76 Å². The Labute approximate surface area is 164 Å². The molecule has 3 rings (SSSR count). The van der Waals surface area contributed by atoms with Gasteiger partial charge in [-0.1, -0.05) is 32.4 Å². The quantitative estimate of drug-likeness (QED) is 0.865. The smallest absolute Gasteiger partial charge is 0.291 e. The summed E-state index contributed by atoms with van der Waals surface area (Å²) in [5.74, 6) is 0.0946. The minimum absolute atomic E-state index is 0.171. The summed E-state index contributed by atoms with van der Waals surface area (Å²) in [7, 11) is 0. The van der Waals surface area contributed by atoms with Crippen molar-refractivity contribution >= 4 is 34.8 Å². The lowest BCUT2D eigenvalue weighted by Crippen LogP contribution is -2.51. The van der Waals surface area contributed by atoms with Crippen molar-refractivity contribution in [1.29, 1.82) is 0 Å². The summed E-state index contributed by atoms with van der Waals surface area (Å²) in [4.78, 5) is 28.5. The number of hydrogen-bond acceptors (Lipinski definition) is 4. The first-order valence-corrected chi connectivity index (χ1v) is 9.32. The molecule has 1 aromatic heterocycles. The summed E-state index contributed by atoms with van der Waals surface area (Å²) in [6.07, 6.45) is 1.45. The molecule has 2 aromatic rings. The molecule has 0 atom stereocenters. The van der Waals surface area contributed by atoms with E-state index >= 15 is 0 Å². The molecule has 2 amide bonds. The molecule has 1 saturated heterocycles. The summed E-state index contributed by atoms with van der Waals surface area (Å²) in [6.45, 7) is 8.60. The topological polar surface area (TPSA) is 65.8 Å². The van der Waals surface area contributed by atoms with Gasteiger partial charge < -0.3 is 19.5 Å². The predicted octanol–water partition coefficient (Wildman–Crippen LogP) is 3.88. The summed E-state index contributed by atoms with van der Waals surface area (Å²) < 4.78 is 5.08. The fraction of sp³-hybridized carbons (Fsp3) is 0.400. The molecule has 7 heteroatoms. The minimum Gasteiger partial charge on any atom is -0.459 e. The van der Waals surface area contributed by atoms with Gasteiger partial charge in [0.1, 0.15) is 0 Å². The highest BCUT2D eigenvalue weighted by atomic mass is 35.5. The molecule has 0 unspecified atom stereocenters. The lowest BCUT2D eigenvalue weighted by molar-refractivity contribution is -0.139. The van der Waals surface area contributed by atoms with E-state index in [1.807, 2.05) is 37.8 Å². The van der Waals surface area contributed by atoms with Gasteiger partial charge in [-0.25, -0.2) is 0 Å². The van der Waals surface area contributed by atoms with E-state index in [2.05, 4.69) is 10.2 Å². The standard InChI is InChI=1S/C20H24ClN3O3/c1-20(2,3)19(26)24-10-8-23(9-11-24)16-7-6-14(13-15(16)21)22-18(25)17-5-4-12-27-17/h4-7,12-13H,8-11H2,1-3H3,(H,22,25). The number of carbonyl (C=O) groups is 2. The van der Waals surface area contributed by atoms with Crippen LogP contribution in [0.5, 0.6) is 0 Å². The fourth-order valence-corrected chi connectivity index (χ4v) is 3.37. The summed E-state index contributed by atoms with van der Waals surface area (Å²) in [6, 6.07) is 8.69. The monoisotopic (exact) mass is 389 g/mol. The van der Waals surface area contributed by atoms with Gasteiger partial charge in [-0.3, -0.25) is 9.59 Å². The van der Waals surface area contributed by atoms with Crippen LogP contribution in [0.15, 0.2) is 41.0 Å². The van der Waals surface area contributed by atoms with Gasteiger partial charge >= 0.3 is 0 Å². The van der Waals surface area contributed by atoms with Crippen molar-refractivity contribution in [2.45, 2.75) is 20.8 Å². The van der Waals surface area contributed by atoms with Crippen LogP contribution < -0.4 is 10.2 Å². The van der Waals surface area contributed by atoms with Crippen LogP contribution in [0.1, 0.15) is 31.3 Å².